The van der Waals surface area contributed by atoms with Gasteiger partial charge in [0.1, 0.15) is 5.82 Å². The van der Waals surface area contributed by atoms with E-state index >= 15 is 0 Å². The molecule has 0 aromatic carbocycles. The summed E-state index contributed by atoms with van der Waals surface area (Å²) in [6, 6.07) is 0. The zero-order valence-corrected chi connectivity index (χ0v) is 8.90. The molecule has 1 aromatic rings. The molecular formula is C9H16N2OS. The largest absolute Gasteiger partial charge is 0.390 e. The van der Waals surface area contributed by atoms with Crippen LogP contribution in [0.3, 0.4) is 0 Å². The number of hydrogen-bond donors (Lipinski definition) is 2. The van der Waals surface area contributed by atoms with Gasteiger partial charge in [0.2, 0.25) is 0 Å². The second-order valence-electron chi connectivity index (χ2n) is 3.42. The van der Waals surface area contributed by atoms with E-state index in [0.717, 1.165) is 28.9 Å². The lowest BCUT2D eigenvalue weighted by molar-refractivity contribution is 0.277. The highest BCUT2D eigenvalue weighted by atomic mass is 32.2. The Morgan fingerprint density at radius 2 is 2.38 bits per heavy atom. The van der Waals surface area contributed by atoms with Gasteiger partial charge in [0.15, 0.2) is 0 Å². The van der Waals surface area contributed by atoms with Crippen molar-refractivity contribution in [2.75, 3.05) is 5.75 Å². The van der Waals surface area contributed by atoms with Gasteiger partial charge in [0.25, 0.3) is 0 Å². The van der Waals surface area contributed by atoms with Gasteiger partial charge in [-0.2, -0.15) is 11.8 Å². The van der Waals surface area contributed by atoms with E-state index in [2.05, 4.69) is 23.8 Å². The van der Waals surface area contributed by atoms with Crippen LogP contribution in [-0.4, -0.2) is 20.8 Å². The van der Waals surface area contributed by atoms with Gasteiger partial charge in [-0.05, 0) is 11.7 Å². The van der Waals surface area contributed by atoms with Gasteiger partial charge in [-0.15, -0.1) is 0 Å². The number of aromatic amines is 1. The molecule has 0 saturated carbocycles. The number of nitrogens with one attached hydrogen (secondary N) is 1. The number of aliphatic hydroxyl groups excluding tert-OH is 1. The van der Waals surface area contributed by atoms with Gasteiger partial charge < -0.3 is 10.1 Å². The van der Waals surface area contributed by atoms with Crippen LogP contribution in [0.1, 0.15) is 25.4 Å². The molecule has 0 aliphatic carbocycles. The van der Waals surface area contributed by atoms with E-state index in [1.807, 2.05) is 11.8 Å². The molecule has 74 valence electrons. The summed E-state index contributed by atoms with van der Waals surface area (Å²) in [4.78, 5) is 7.20. The van der Waals surface area contributed by atoms with Crippen molar-refractivity contribution >= 4 is 11.8 Å². The van der Waals surface area contributed by atoms with Crippen LogP contribution in [0.15, 0.2) is 6.20 Å². The Kier molecular flexibility index (Phi) is 4.32. The summed E-state index contributed by atoms with van der Waals surface area (Å²) in [6.45, 7) is 4.45. The van der Waals surface area contributed by atoms with Crippen molar-refractivity contribution in [3.63, 3.8) is 0 Å². The molecule has 0 fully saturated rings. The smallest absolute Gasteiger partial charge is 0.116 e. The molecule has 0 unspecified atom stereocenters. The Morgan fingerprint density at radius 3 is 2.92 bits per heavy atom. The molecule has 1 heterocycles. The van der Waals surface area contributed by atoms with Crippen LogP contribution in [0.2, 0.25) is 0 Å². The summed E-state index contributed by atoms with van der Waals surface area (Å²) in [7, 11) is 0. The maximum absolute atomic E-state index is 8.79. The summed E-state index contributed by atoms with van der Waals surface area (Å²) >= 11 is 1.86. The number of aromatic nitrogens is 2. The lowest BCUT2D eigenvalue weighted by atomic mass is 10.3. The van der Waals surface area contributed by atoms with Crippen LogP contribution in [0, 0.1) is 5.92 Å². The summed E-state index contributed by atoms with van der Waals surface area (Å²) in [6.07, 6.45) is 1.69. The van der Waals surface area contributed by atoms with Gasteiger partial charge >= 0.3 is 0 Å². The molecule has 0 spiro atoms. The average molecular weight is 200 g/mol. The van der Waals surface area contributed by atoms with Gasteiger partial charge in [0, 0.05) is 0 Å². The van der Waals surface area contributed by atoms with Crippen LogP contribution in [0.5, 0.6) is 0 Å². The first-order valence-corrected chi connectivity index (χ1v) is 5.59. The van der Waals surface area contributed by atoms with Crippen molar-refractivity contribution in [3.8, 4) is 0 Å². The minimum Gasteiger partial charge on any atom is -0.390 e. The third-order valence-electron chi connectivity index (χ3n) is 1.54. The van der Waals surface area contributed by atoms with Crippen LogP contribution >= 0.6 is 11.8 Å². The fraction of sp³-hybridized carbons (Fsp3) is 0.667. The van der Waals surface area contributed by atoms with Crippen LogP contribution in [-0.2, 0) is 12.4 Å². The van der Waals surface area contributed by atoms with Crippen LogP contribution in [0.25, 0.3) is 0 Å². The third-order valence-corrected chi connectivity index (χ3v) is 2.92. The Morgan fingerprint density at radius 1 is 1.62 bits per heavy atom. The van der Waals surface area contributed by atoms with Crippen LogP contribution < -0.4 is 0 Å². The molecule has 3 nitrogen and oxygen atoms in total. The molecular weight excluding hydrogens is 184 g/mol. The third kappa shape index (κ3) is 3.83. The van der Waals surface area contributed by atoms with Crippen molar-refractivity contribution < 1.29 is 5.11 Å². The predicted octanol–water partition coefficient (Wildman–Crippen LogP) is 1.79. The van der Waals surface area contributed by atoms with E-state index in [0.29, 0.717) is 0 Å². The number of rotatable bonds is 5. The monoisotopic (exact) mass is 200 g/mol. The minimum atomic E-state index is 0.0435. The first kappa shape index (κ1) is 10.6. The first-order valence-electron chi connectivity index (χ1n) is 4.43. The second kappa shape index (κ2) is 5.29. The maximum atomic E-state index is 8.79. The Balaban J connectivity index is 2.28. The van der Waals surface area contributed by atoms with Crippen molar-refractivity contribution in [2.24, 2.45) is 5.92 Å². The lowest BCUT2D eigenvalue weighted by Gasteiger charge is -2.01. The van der Waals surface area contributed by atoms with E-state index in [1.54, 1.807) is 6.20 Å². The SMILES string of the molecule is CC(C)CSCc1ncc(CO)[nH]1. The quantitative estimate of drug-likeness (QED) is 0.762. The van der Waals surface area contributed by atoms with E-state index < -0.39 is 0 Å². The summed E-state index contributed by atoms with van der Waals surface area (Å²) in [5, 5.41) is 8.79. The van der Waals surface area contributed by atoms with Gasteiger partial charge in [-0.3, -0.25) is 0 Å². The van der Waals surface area contributed by atoms with E-state index in [-0.39, 0.29) is 6.61 Å². The maximum Gasteiger partial charge on any atom is 0.116 e. The number of H-pyrrole nitrogens is 1. The minimum absolute atomic E-state index is 0.0435. The van der Waals surface area contributed by atoms with Crippen molar-refractivity contribution in [3.05, 3.63) is 17.7 Å². The van der Waals surface area contributed by atoms with Gasteiger partial charge in [0.05, 0.1) is 24.3 Å². The average Bonchev–Trinajstić information content (AvgIpc) is 2.52. The number of imidazole rings is 1. The molecule has 1 aromatic heterocycles. The first-order chi connectivity index (χ1) is 6.22. The molecule has 0 atom stereocenters. The van der Waals surface area contributed by atoms with Crippen molar-refractivity contribution in [1.29, 1.82) is 0 Å². The molecule has 1 rings (SSSR count). The normalized spacial score (nSPS) is 11.1. The van der Waals surface area contributed by atoms with E-state index in [4.69, 9.17) is 5.11 Å². The van der Waals surface area contributed by atoms with E-state index in [9.17, 15) is 0 Å². The number of nitrogens with zero attached hydrogens (tertiary/aromatic N) is 1. The number of thioether (sulfide) groups is 1. The van der Waals surface area contributed by atoms with Gasteiger partial charge in [-0.1, -0.05) is 13.8 Å². The fourth-order valence-corrected chi connectivity index (χ4v) is 1.88. The Labute approximate surface area is 83.0 Å². The Hall–Kier alpha value is -0.480. The predicted molar refractivity (Wildman–Crippen MR) is 55.5 cm³/mol. The fourth-order valence-electron chi connectivity index (χ4n) is 0.951. The van der Waals surface area contributed by atoms with Crippen molar-refractivity contribution in [1.82, 2.24) is 9.97 Å². The highest BCUT2D eigenvalue weighted by Crippen LogP contribution is 2.12. The zero-order valence-electron chi connectivity index (χ0n) is 8.08. The topological polar surface area (TPSA) is 48.9 Å². The summed E-state index contributed by atoms with van der Waals surface area (Å²) in [5.41, 5.74) is 0.792. The molecule has 0 aliphatic rings. The Bertz CT molecular complexity index is 248. The highest BCUT2D eigenvalue weighted by molar-refractivity contribution is 7.98. The molecule has 0 aliphatic heterocycles. The van der Waals surface area contributed by atoms with Crippen LogP contribution in [0.4, 0.5) is 0 Å². The summed E-state index contributed by atoms with van der Waals surface area (Å²) in [5.74, 6) is 3.72. The molecule has 0 bridgehead atoms. The molecule has 0 saturated heterocycles. The zero-order chi connectivity index (χ0) is 9.68. The van der Waals surface area contributed by atoms with E-state index in [1.165, 1.54) is 0 Å². The van der Waals surface area contributed by atoms with Crippen molar-refractivity contribution in [2.45, 2.75) is 26.2 Å². The van der Waals surface area contributed by atoms with Gasteiger partial charge in [-0.25, -0.2) is 4.98 Å². The second-order valence-corrected chi connectivity index (χ2v) is 4.45. The summed E-state index contributed by atoms with van der Waals surface area (Å²) < 4.78 is 0. The number of aliphatic hydroxyl groups is 1. The number of hydrogen-bond acceptors (Lipinski definition) is 3. The molecule has 4 heteroatoms. The lowest BCUT2D eigenvalue weighted by Crippen LogP contribution is -1.93. The molecule has 13 heavy (non-hydrogen) atoms. The standard InChI is InChI=1S/C9H16N2OS/c1-7(2)5-13-6-9-10-3-8(4-12)11-9/h3,7,12H,4-6H2,1-2H3,(H,10,11). The molecule has 0 amide bonds. The molecule has 2 N–H and O–H groups in total. The highest BCUT2D eigenvalue weighted by Gasteiger charge is 2.00. The molecule has 0 radical (unpaired) electrons.